The number of aliphatic hydroxyl groups is 1. The van der Waals surface area contributed by atoms with Crippen LogP contribution in [0.1, 0.15) is 24.4 Å². The van der Waals surface area contributed by atoms with Crippen molar-refractivity contribution in [3.8, 4) is 23.0 Å². The van der Waals surface area contributed by atoms with Gasteiger partial charge in [-0.25, -0.2) is 0 Å². The van der Waals surface area contributed by atoms with Gasteiger partial charge in [0, 0.05) is 12.3 Å². The fourth-order valence-electron chi connectivity index (χ4n) is 3.60. The summed E-state index contributed by atoms with van der Waals surface area (Å²) in [5.41, 5.74) is 1.01. The Morgan fingerprint density at radius 3 is 2.83 bits per heavy atom. The van der Waals surface area contributed by atoms with Gasteiger partial charge in [0.2, 0.25) is 0 Å². The third kappa shape index (κ3) is 5.98. The molecule has 2 aromatic carbocycles. The van der Waals surface area contributed by atoms with Gasteiger partial charge in [0.05, 0.1) is 13.2 Å². The number of ether oxygens (including phenoxy) is 4. The second kappa shape index (κ2) is 11.8. The topological polar surface area (TPSA) is 87.9 Å². The fraction of sp³-hybridized carbons (Fsp3) is 0.308. The highest BCUT2D eigenvalue weighted by molar-refractivity contribution is 7.99. The zero-order valence-electron chi connectivity index (χ0n) is 19.8. The van der Waals surface area contributed by atoms with E-state index in [1.165, 1.54) is 11.8 Å². The maximum absolute atomic E-state index is 10.5. The molecule has 0 radical (unpaired) electrons. The Morgan fingerprint density at radius 2 is 2.06 bits per heavy atom. The van der Waals surface area contributed by atoms with Crippen LogP contribution in [-0.4, -0.2) is 52.1 Å². The molecular formula is C26H29N3O5S. The largest absolute Gasteiger partial charge is 0.493 e. The quantitative estimate of drug-likeness (QED) is 0.306. The summed E-state index contributed by atoms with van der Waals surface area (Å²) in [7, 11) is 1.59. The Kier molecular flexibility index (Phi) is 8.33. The van der Waals surface area contributed by atoms with Crippen LogP contribution < -0.4 is 18.9 Å². The maximum Gasteiger partial charge on any atom is 0.192 e. The number of hydrogen-bond acceptors (Lipinski definition) is 8. The fourth-order valence-corrected chi connectivity index (χ4v) is 4.46. The zero-order chi connectivity index (χ0) is 24.6. The monoisotopic (exact) mass is 495 g/mol. The first-order valence-electron chi connectivity index (χ1n) is 11.3. The van der Waals surface area contributed by atoms with Crippen LogP contribution in [0.25, 0.3) is 6.08 Å². The molecule has 2 heterocycles. The van der Waals surface area contributed by atoms with Crippen LogP contribution in [0.2, 0.25) is 0 Å². The van der Waals surface area contributed by atoms with E-state index in [1.54, 1.807) is 13.2 Å². The zero-order valence-corrected chi connectivity index (χ0v) is 20.6. The van der Waals surface area contributed by atoms with Crippen LogP contribution in [0.3, 0.4) is 0 Å². The number of methoxy groups -OCH3 is 1. The average Bonchev–Trinajstić information content (AvgIpc) is 3.29. The van der Waals surface area contributed by atoms with Crippen molar-refractivity contribution in [2.24, 2.45) is 0 Å². The summed E-state index contributed by atoms with van der Waals surface area (Å²) in [4.78, 5) is 0. The lowest BCUT2D eigenvalue weighted by atomic mass is 10.2. The van der Waals surface area contributed by atoms with E-state index in [2.05, 4.69) is 16.8 Å². The molecule has 0 bridgehead atoms. The molecule has 1 aliphatic heterocycles. The van der Waals surface area contributed by atoms with Gasteiger partial charge in [0.25, 0.3) is 0 Å². The van der Waals surface area contributed by atoms with E-state index in [9.17, 15) is 5.11 Å². The van der Waals surface area contributed by atoms with E-state index in [1.807, 2.05) is 66.1 Å². The van der Waals surface area contributed by atoms with E-state index in [-0.39, 0.29) is 6.61 Å². The normalized spacial score (nSPS) is 15.7. The van der Waals surface area contributed by atoms with Gasteiger partial charge >= 0.3 is 0 Å². The molecule has 1 aromatic heterocycles. The van der Waals surface area contributed by atoms with Crippen LogP contribution in [0.4, 0.5) is 0 Å². The number of aliphatic hydroxyl groups excluding tert-OH is 1. The molecule has 9 heteroatoms. The number of benzene rings is 2. The lowest BCUT2D eigenvalue weighted by Gasteiger charge is -2.26. The van der Waals surface area contributed by atoms with E-state index in [4.69, 9.17) is 18.9 Å². The van der Waals surface area contributed by atoms with Gasteiger partial charge in [-0.2, -0.15) is 0 Å². The number of rotatable bonds is 11. The van der Waals surface area contributed by atoms with Crippen molar-refractivity contribution in [1.82, 2.24) is 14.8 Å². The van der Waals surface area contributed by atoms with Crippen LogP contribution in [-0.2, 0) is 6.54 Å². The second-order valence-electron chi connectivity index (χ2n) is 7.79. The van der Waals surface area contributed by atoms with Crippen molar-refractivity contribution in [3.63, 3.8) is 0 Å². The smallest absolute Gasteiger partial charge is 0.192 e. The van der Waals surface area contributed by atoms with Crippen molar-refractivity contribution in [3.05, 3.63) is 72.6 Å². The first kappa shape index (κ1) is 24.7. The molecule has 3 aromatic rings. The molecule has 0 amide bonds. The number of fused-ring (bicyclic) bond motifs is 1. The molecule has 35 heavy (non-hydrogen) atoms. The number of thioether (sulfide) groups is 1. The summed E-state index contributed by atoms with van der Waals surface area (Å²) in [5.74, 6) is 3.61. The minimum atomic E-state index is -0.724. The molecule has 8 nitrogen and oxygen atoms in total. The van der Waals surface area contributed by atoms with Crippen molar-refractivity contribution in [2.75, 3.05) is 26.1 Å². The Bertz CT molecular complexity index is 1180. The standard InChI is InChI=1S/C26H29N3O5S/c1-4-8-18-11-12-21(23(14-18)31-3)32-15-19(30)17-35-26-28-27-25(29(26)13-5-2)24-16-33-20-9-6-7-10-22(20)34-24/h4-12,14,19,24,30H,2,13,15-17H2,1,3H3/b8-4+. The summed E-state index contributed by atoms with van der Waals surface area (Å²) in [6.07, 6.45) is 4.60. The third-order valence-electron chi connectivity index (χ3n) is 5.24. The first-order valence-corrected chi connectivity index (χ1v) is 12.3. The van der Waals surface area contributed by atoms with Gasteiger partial charge < -0.3 is 24.1 Å². The molecule has 4 rings (SSSR count). The predicted octanol–water partition coefficient (Wildman–Crippen LogP) is 4.55. The highest BCUT2D eigenvalue weighted by Gasteiger charge is 2.28. The van der Waals surface area contributed by atoms with E-state index < -0.39 is 12.2 Å². The van der Waals surface area contributed by atoms with Gasteiger partial charge in [-0.3, -0.25) is 4.57 Å². The molecule has 0 saturated heterocycles. The summed E-state index contributed by atoms with van der Waals surface area (Å²) in [6.45, 7) is 6.77. The van der Waals surface area contributed by atoms with Gasteiger partial charge in [-0.15, -0.1) is 16.8 Å². The summed E-state index contributed by atoms with van der Waals surface area (Å²) in [5, 5.41) is 19.9. The summed E-state index contributed by atoms with van der Waals surface area (Å²) >= 11 is 1.39. The lowest BCUT2D eigenvalue weighted by molar-refractivity contribution is 0.0821. The van der Waals surface area contributed by atoms with Crippen molar-refractivity contribution in [1.29, 1.82) is 0 Å². The second-order valence-corrected chi connectivity index (χ2v) is 8.78. The molecule has 2 unspecified atom stereocenters. The molecule has 0 spiro atoms. The van der Waals surface area contributed by atoms with Crippen LogP contribution in [0, 0.1) is 0 Å². The average molecular weight is 496 g/mol. The first-order chi connectivity index (χ1) is 17.1. The molecule has 1 N–H and O–H groups in total. The van der Waals surface area contributed by atoms with Gasteiger partial charge in [0.1, 0.15) is 13.2 Å². The number of nitrogens with zero attached hydrogens (tertiary/aromatic N) is 3. The van der Waals surface area contributed by atoms with Gasteiger partial charge in [-0.1, -0.05) is 48.2 Å². The molecule has 0 aliphatic carbocycles. The lowest BCUT2D eigenvalue weighted by Crippen LogP contribution is -2.25. The molecule has 2 atom stereocenters. The van der Waals surface area contributed by atoms with Crippen LogP contribution in [0.15, 0.2) is 66.4 Å². The Labute approximate surface area is 209 Å². The van der Waals surface area contributed by atoms with Crippen molar-refractivity contribution >= 4 is 17.8 Å². The van der Waals surface area contributed by atoms with Crippen LogP contribution >= 0.6 is 11.8 Å². The van der Waals surface area contributed by atoms with Crippen molar-refractivity contribution in [2.45, 2.75) is 30.8 Å². The minimum absolute atomic E-state index is 0.116. The molecule has 0 fully saturated rings. The van der Waals surface area contributed by atoms with Gasteiger partial charge in [-0.05, 0) is 36.8 Å². The maximum atomic E-state index is 10.5. The van der Waals surface area contributed by atoms with Crippen molar-refractivity contribution < 1.29 is 24.1 Å². The predicted molar refractivity (Wildman–Crippen MR) is 135 cm³/mol. The van der Waals surface area contributed by atoms with E-state index in [0.717, 1.165) is 5.56 Å². The van der Waals surface area contributed by atoms with E-state index >= 15 is 0 Å². The number of hydrogen-bond donors (Lipinski definition) is 1. The molecule has 0 saturated carbocycles. The van der Waals surface area contributed by atoms with Crippen LogP contribution in [0.5, 0.6) is 23.0 Å². The highest BCUT2D eigenvalue weighted by Crippen LogP contribution is 2.36. The Morgan fingerprint density at radius 1 is 1.23 bits per heavy atom. The number of aromatic nitrogens is 3. The number of allylic oxidation sites excluding steroid dienone is 2. The highest BCUT2D eigenvalue weighted by atomic mass is 32.2. The minimum Gasteiger partial charge on any atom is -0.493 e. The third-order valence-corrected chi connectivity index (χ3v) is 6.35. The van der Waals surface area contributed by atoms with E-state index in [0.29, 0.717) is 52.9 Å². The Balaban J connectivity index is 1.37. The molecule has 1 aliphatic rings. The number of para-hydroxylation sites is 2. The summed E-state index contributed by atoms with van der Waals surface area (Å²) in [6, 6.07) is 13.2. The molecular weight excluding hydrogens is 466 g/mol. The SMILES string of the molecule is C=CCn1c(SCC(O)COc2ccc(/C=C/C)cc2OC)nnc1C1COc2ccccc2O1. The summed E-state index contributed by atoms with van der Waals surface area (Å²) < 4.78 is 25.1. The Hall–Kier alpha value is -3.43. The molecule has 184 valence electrons. The van der Waals surface area contributed by atoms with Gasteiger partial charge in [0.15, 0.2) is 40.1 Å².